The maximum Gasteiger partial charge on any atom is 0.313 e. The number of esters is 2. The number of hydrogen-bond acceptors (Lipinski definition) is 4. The third-order valence-electron chi connectivity index (χ3n) is 5.20. The molecule has 1 heterocycles. The summed E-state index contributed by atoms with van der Waals surface area (Å²) in [5.41, 5.74) is 0. The van der Waals surface area contributed by atoms with Gasteiger partial charge in [-0.3, -0.25) is 9.59 Å². The Kier molecular flexibility index (Phi) is 10.8. The van der Waals surface area contributed by atoms with Gasteiger partial charge in [-0.25, -0.2) is 0 Å². The molecule has 0 amide bonds. The average Bonchev–Trinajstić information content (AvgIpc) is 2.90. The Morgan fingerprint density at radius 1 is 1.00 bits per heavy atom. The number of carbonyl (C=O) groups excluding carboxylic acids is 2. The molecule has 4 heteroatoms. The predicted octanol–water partition coefficient (Wildman–Crippen LogP) is 5.28. The zero-order valence-electron chi connectivity index (χ0n) is 16.7. The monoisotopic (exact) mass is 354 g/mol. The van der Waals surface area contributed by atoms with E-state index in [4.69, 9.17) is 9.47 Å². The lowest BCUT2D eigenvalue weighted by molar-refractivity contribution is -0.151. The van der Waals surface area contributed by atoms with Crippen molar-refractivity contribution in [1.82, 2.24) is 0 Å². The zero-order chi connectivity index (χ0) is 18.7. The van der Waals surface area contributed by atoms with Crippen molar-refractivity contribution in [3.05, 3.63) is 0 Å². The molecule has 1 rings (SSSR count). The van der Waals surface area contributed by atoms with Crippen molar-refractivity contribution in [1.29, 1.82) is 0 Å². The van der Waals surface area contributed by atoms with E-state index in [0.29, 0.717) is 6.61 Å². The summed E-state index contributed by atoms with van der Waals surface area (Å²) in [7, 11) is 0. The first-order valence-corrected chi connectivity index (χ1v) is 10.4. The van der Waals surface area contributed by atoms with Gasteiger partial charge in [-0.2, -0.15) is 0 Å². The van der Waals surface area contributed by atoms with Crippen LogP contribution in [0.15, 0.2) is 0 Å². The Labute approximate surface area is 154 Å². The van der Waals surface area contributed by atoms with Crippen LogP contribution in [0.5, 0.6) is 0 Å². The minimum atomic E-state index is -0.429. The molecule has 0 aromatic rings. The van der Waals surface area contributed by atoms with Gasteiger partial charge in [0, 0.05) is 0 Å². The Morgan fingerprint density at radius 3 is 2.08 bits per heavy atom. The third-order valence-corrected chi connectivity index (χ3v) is 5.20. The van der Waals surface area contributed by atoms with E-state index in [1.807, 2.05) is 13.8 Å². The van der Waals surface area contributed by atoms with Crippen LogP contribution in [0.2, 0.25) is 0 Å². The van der Waals surface area contributed by atoms with Gasteiger partial charge >= 0.3 is 11.9 Å². The summed E-state index contributed by atoms with van der Waals surface area (Å²) in [5, 5.41) is 0. The Balaban J connectivity index is 2.35. The topological polar surface area (TPSA) is 52.6 Å². The van der Waals surface area contributed by atoms with Crippen molar-refractivity contribution in [3.8, 4) is 0 Å². The van der Waals surface area contributed by atoms with Crippen LogP contribution in [0.4, 0.5) is 0 Å². The molecule has 1 aliphatic heterocycles. The predicted molar refractivity (Wildman–Crippen MR) is 100 cm³/mol. The van der Waals surface area contributed by atoms with Crippen molar-refractivity contribution >= 4 is 11.9 Å². The van der Waals surface area contributed by atoms with Crippen LogP contribution >= 0.6 is 0 Å². The Morgan fingerprint density at radius 2 is 1.56 bits per heavy atom. The van der Waals surface area contributed by atoms with E-state index < -0.39 is 5.92 Å². The summed E-state index contributed by atoms with van der Waals surface area (Å²) in [6.07, 6.45) is 11.8. The molecule has 0 N–H and O–H groups in total. The van der Waals surface area contributed by atoms with Gasteiger partial charge in [0.2, 0.25) is 0 Å². The highest BCUT2D eigenvalue weighted by molar-refractivity contribution is 5.85. The van der Waals surface area contributed by atoms with Crippen LogP contribution in [0.3, 0.4) is 0 Å². The summed E-state index contributed by atoms with van der Waals surface area (Å²) >= 11 is 0. The molecule has 0 spiro atoms. The summed E-state index contributed by atoms with van der Waals surface area (Å²) in [4.78, 5) is 24.5. The van der Waals surface area contributed by atoms with E-state index in [9.17, 15) is 9.59 Å². The average molecular weight is 355 g/mol. The van der Waals surface area contributed by atoms with Gasteiger partial charge in [-0.1, -0.05) is 72.1 Å². The molecule has 4 nitrogen and oxygen atoms in total. The normalized spacial score (nSPS) is 23.1. The fourth-order valence-corrected chi connectivity index (χ4v) is 3.80. The lowest BCUT2D eigenvalue weighted by Crippen LogP contribution is -2.33. The van der Waals surface area contributed by atoms with E-state index >= 15 is 0 Å². The molecule has 25 heavy (non-hydrogen) atoms. The van der Waals surface area contributed by atoms with Crippen LogP contribution in [-0.4, -0.2) is 24.6 Å². The molecule has 0 aromatic carbocycles. The summed E-state index contributed by atoms with van der Waals surface area (Å²) < 4.78 is 10.8. The second-order valence-corrected chi connectivity index (χ2v) is 7.64. The molecule has 1 aliphatic rings. The molecule has 1 saturated heterocycles. The van der Waals surface area contributed by atoms with Crippen molar-refractivity contribution in [2.45, 2.75) is 98.0 Å². The second-order valence-electron chi connectivity index (χ2n) is 7.64. The van der Waals surface area contributed by atoms with Gasteiger partial charge in [-0.05, 0) is 25.7 Å². The van der Waals surface area contributed by atoms with Crippen molar-refractivity contribution < 1.29 is 19.1 Å². The zero-order valence-corrected chi connectivity index (χ0v) is 16.7. The van der Waals surface area contributed by atoms with Gasteiger partial charge in [0.15, 0.2) is 0 Å². The first kappa shape index (κ1) is 22.0. The number of carbonyl (C=O) groups is 2. The molecule has 0 saturated carbocycles. The smallest absolute Gasteiger partial charge is 0.313 e. The second kappa shape index (κ2) is 12.3. The Hall–Kier alpha value is -1.06. The molecule has 0 radical (unpaired) electrons. The summed E-state index contributed by atoms with van der Waals surface area (Å²) in [5.74, 6) is -1.19. The molecule has 0 bridgehead atoms. The van der Waals surface area contributed by atoms with Gasteiger partial charge in [-0.15, -0.1) is 0 Å². The van der Waals surface area contributed by atoms with Crippen LogP contribution < -0.4 is 0 Å². The Bertz CT molecular complexity index is 391. The van der Waals surface area contributed by atoms with E-state index in [2.05, 4.69) is 6.92 Å². The van der Waals surface area contributed by atoms with Gasteiger partial charge < -0.3 is 9.47 Å². The number of cyclic esters (lactones) is 1. The maximum absolute atomic E-state index is 12.3. The van der Waals surface area contributed by atoms with Crippen LogP contribution in [0, 0.1) is 17.8 Å². The molecule has 3 unspecified atom stereocenters. The first-order chi connectivity index (χ1) is 12.0. The van der Waals surface area contributed by atoms with Gasteiger partial charge in [0.25, 0.3) is 0 Å². The maximum atomic E-state index is 12.3. The number of hydrogen-bond donors (Lipinski definition) is 0. The fourth-order valence-electron chi connectivity index (χ4n) is 3.80. The molecular formula is C21H38O4. The van der Waals surface area contributed by atoms with E-state index in [-0.39, 0.29) is 29.9 Å². The third kappa shape index (κ3) is 7.37. The van der Waals surface area contributed by atoms with Gasteiger partial charge in [0.05, 0.1) is 12.5 Å². The molecule has 1 fully saturated rings. The number of ether oxygens (including phenoxy) is 2. The first-order valence-electron chi connectivity index (χ1n) is 10.4. The minimum Gasteiger partial charge on any atom is -0.466 e. The molecule has 146 valence electrons. The van der Waals surface area contributed by atoms with Crippen molar-refractivity contribution in [2.24, 2.45) is 17.8 Å². The molecule has 3 atom stereocenters. The lowest BCUT2D eigenvalue weighted by Gasteiger charge is -2.21. The highest BCUT2D eigenvalue weighted by atomic mass is 16.6. The van der Waals surface area contributed by atoms with Crippen molar-refractivity contribution in [2.75, 3.05) is 6.61 Å². The molecule has 0 aliphatic carbocycles. The quantitative estimate of drug-likeness (QED) is 0.333. The molecular weight excluding hydrogens is 316 g/mol. The van der Waals surface area contributed by atoms with Crippen LogP contribution in [0.1, 0.15) is 91.9 Å². The van der Waals surface area contributed by atoms with E-state index in [1.54, 1.807) is 6.92 Å². The SMILES string of the molecule is CCCCCCCCCCCC1OC(=O)C(C(C)C)C1C(=O)OCC. The summed E-state index contributed by atoms with van der Waals surface area (Å²) in [6, 6.07) is 0. The van der Waals surface area contributed by atoms with Crippen molar-refractivity contribution in [3.63, 3.8) is 0 Å². The van der Waals surface area contributed by atoms with Crippen LogP contribution in [-0.2, 0) is 19.1 Å². The lowest BCUT2D eigenvalue weighted by atomic mass is 9.81. The minimum absolute atomic E-state index is 0.0926. The standard InChI is InChI=1S/C21H38O4/c1-5-7-8-9-10-11-12-13-14-15-17-19(20(22)24-6-2)18(16(3)4)21(23)25-17/h16-19H,5-15H2,1-4H3. The highest BCUT2D eigenvalue weighted by Gasteiger charge is 2.50. The van der Waals surface area contributed by atoms with Crippen LogP contribution in [0.25, 0.3) is 0 Å². The van der Waals surface area contributed by atoms with E-state index in [0.717, 1.165) is 19.3 Å². The van der Waals surface area contributed by atoms with E-state index in [1.165, 1.54) is 44.9 Å². The largest absolute Gasteiger partial charge is 0.466 e. The van der Waals surface area contributed by atoms with Gasteiger partial charge in [0.1, 0.15) is 12.0 Å². The highest BCUT2D eigenvalue weighted by Crippen LogP contribution is 2.37. The fraction of sp³-hybridized carbons (Fsp3) is 0.905. The molecule has 0 aromatic heterocycles. The number of unbranched alkanes of at least 4 members (excludes halogenated alkanes) is 8. The number of rotatable bonds is 13. The summed E-state index contributed by atoms with van der Waals surface area (Å²) in [6.45, 7) is 8.33.